The first-order valence-corrected chi connectivity index (χ1v) is 11.1. The molecule has 1 aliphatic heterocycles. The van der Waals surface area contributed by atoms with E-state index in [1.54, 1.807) is 6.08 Å². The van der Waals surface area contributed by atoms with Crippen molar-refractivity contribution in [2.45, 2.75) is 40.0 Å². The van der Waals surface area contributed by atoms with Gasteiger partial charge in [-0.25, -0.2) is 0 Å². The molecule has 1 unspecified atom stereocenters. The van der Waals surface area contributed by atoms with Crippen molar-refractivity contribution >= 4 is 17.9 Å². The van der Waals surface area contributed by atoms with Crippen molar-refractivity contribution in [3.8, 4) is 5.69 Å². The largest absolute Gasteiger partial charge is 0.369 e. The molecule has 2 heterocycles. The van der Waals surface area contributed by atoms with Crippen LogP contribution in [0.4, 0.5) is 0 Å². The second-order valence-corrected chi connectivity index (χ2v) is 8.52. The van der Waals surface area contributed by atoms with Crippen LogP contribution in [-0.2, 0) is 9.59 Å². The van der Waals surface area contributed by atoms with Crippen molar-refractivity contribution in [1.82, 2.24) is 14.8 Å². The molecule has 0 radical (unpaired) electrons. The number of amides is 2. The molecule has 6 heteroatoms. The maximum atomic E-state index is 12.2. The fraction of sp³-hybridized carbons (Fsp3) is 0.440. The van der Waals surface area contributed by atoms with E-state index in [2.05, 4.69) is 65.9 Å². The number of rotatable bonds is 8. The third-order valence-electron chi connectivity index (χ3n) is 6.03. The minimum absolute atomic E-state index is 0.0369. The minimum Gasteiger partial charge on any atom is -0.369 e. The van der Waals surface area contributed by atoms with Gasteiger partial charge < -0.3 is 20.5 Å². The van der Waals surface area contributed by atoms with Gasteiger partial charge >= 0.3 is 0 Å². The second kappa shape index (κ2) is 10.4. The van der Waals surface area contributed by atoms with E-state index >= 15 is 0 Å². The molecule has 0 saturated carbocycles. The van der Waals surface area contributed by atoms with Crippen LogP contribution in [0.5, 0.6) is 0 Å². The number of nitrogens with two attached hydrogens (primary N) is 1. The number of aryl methyl sites for hydroxylation is 2. The third-order valence-corrected chi connectivity index (χ3v) is 6.03. The molecule has 0 spiro atoms. The summed E-state index contributed by atoms with van der Waals surface area (Å²) in [7, 11) is 0. The number of likely N-dealkylation sites (tertiary alicyclic amines) is 1. The van der Waals surface area contributed by atoms with Crippen LogP contribution in [0.15, 0.2) is 36.4 Å². The van der Waals surface area contributed by atoms with E-state index < -0.39 is 0 Å². The molecule has 1 fully saturated rings. The molecule has 0 aliphatic carbocycles. The Morgan fingerprint density at radius 3 is 2.65 bits per heavy atom. The van der Waals surface area contributed by atoms with Gasteiger partial charge in [0, 0.05) is 36.2 Å². The number of nitrogens with one attached hydrogen (secondary N) is 1. The Bertz CT molecular complexity index is 943. The van der Waals surface area contributed by atoms with Crippen LogP contribution in [0.2, 0.25) is 0 Å². The zero-order valence-corrected chi connectivity index (χ0v) is 18.9. The van der Waals surface area contributed by atoms with Gasteiger partial charge in [-0.1, -0.05) is 17.7 Å². The normalized spacial score (nSPS) is 17.2. The van der Waals surface area contributed by atoms with Crippen molar-refractivity contribution in [3.05, 3.63) is 58.9 Å². The number of nitrogens with zero attached hydrogens (tertiary/aromatic N) is 2. The van der Waals surface area contributed by atoms with E-state index in [0.717, 1.165) is 61.5 Å². The van der Waals surface area contributed by atoms with Gasteiger partial charge in [-0.15, -0.1) is 0 Å². The summed E-state index contributed by atoms with van der Waals surface area (Å²) in [6.07, 6.45) is 6.23. The lowest BCUT2D eigenvalue weighted by Gasteiger charge is -2.31. The van der Waals surface area contributed by atoms with Crippen molar-refractivity contribution < 1.29 is 9.59 Å². The summed E-state index contributed by atoms with van der Waals surface area (Å²) >= 11 is 0. The molecule has 1 saturated heterocycles. The molecule has 1 aromatic heterocycles. The van der Waals surface area contributed by atoms with E-state index in [4.69, 9.17) is 5.73 Å². The summed E-state index contributed by atoms with van der Waals surface area (Å²) in [5.41, 5.74) is 11.1. The number of aromatic nitrogens is 1. The number of primary amides is 1. The highest BCUT2D eigenvalue weighted by Gasteiger charge is 2.23. The molecule has 1 aliphatic rings. The van der Waals surface area contributed by atoms with Crippen LogP contribution in [0, 0.1) is 26.7 Å². The molecule has 166 valence electrons. The fourth-order valence-electron chi connectivity index (χ4n) is 4.28. The maximum Gasteiger partial charge on any atom is 0.244 e. The monoisotopic (exact) mass is 422 g/mol. The summed E-state index contributed by atoms with van der Waals surface area (Å²) in [5.74, 6) is -0.330. The Balaban J connectivity index is 1.48. The van der Waals surface area contributed by atoms with Gasteiger partial charge in [-0.3, -0.25) is 9.59 Å². The van der Waals surface area contributed by atoms with E-state index in [1.165, 1.54) is 5.56 Å². The summed E-state index contributed by atoms with van der Waals surface area (Å²) in [6.45, 7) is 9.44. The Morgan fingerprint density at radius 1 is 1.19 bits per heavy atom. The highest BCUT2D eigenvalue weighted by atomic mass is 16.1. The summed E-state index contributed by atoms with van der Waals surface area (Å²) < 4.78 is 2.20. The number of benzene rings is 1. The van der Waals surface area contributed by atoms with Gasteiger partial charge in [0.15, 0.2) is 0 Å². The smallest absolute Gasteiger partial charge is 0.244 e. The van der Waals surface area contributed by atoms with Gasteiger partial charge in [0.25, 0.3) is 0 Å². The number of piperidine rings is 1. The van der Waals surface area contributed by atoms with Gasteiger partial charge in [0.1, 0.15) is 0 Å². The molecule has 2 amide bonds. The lowest BCUT2D eigenvalue weighted by atomic mass is 9.97. The van der Waals surface area contributed by atoms with Crippen molar-refractivity contribution in [2.24, 2.45) is 11.7 Å². The zero-order valence-electron chi connectivity index (χ0n) is 18.9. The van der Waals surface area contributed by atoms with Crippen LogP contribution in [-0.4, -0.2) is 47.5 Å². The molecule has 0 bridgehead atoms. The van der Waals surface area contributed by atoms with E-state index in [0.29, 0.717) is 6.54 Å². The predicted octanol–water partition coefficient (Wildman–Crippen LogP) is 3.12. The molecule has 31 heavy (non-hydrogen) atoms. The van der Waals surface area contributed by atoms with E-state index in [1.807, 2.05) is 6.08 Å². The Kier molecular flexibility index (Phi) is 7.69. The second-order valence-electron chi connectivity index (χ2n) is 8.52. The maximum absolute atomic E-state index is 12.2. The van der Waals surface area contributed by atoms with Crippen LogP contribution in [0.25, 0.3) is 11.8 Å². The highest BCUT2D eigenvalue weighted by molar-refractivity contribution is 5.91. The first kappa shape index (κ1) is 22.8. The van der Waals surface area contributed by atoms with Crippen LogP contribution >= 0.6 is 0 Å². The quantitative estimate of drug-likeness (QED) is 0.507. The fourth-order valence-corrected chi connectivity index (χ4v) is 4.28. The standard InChI is InChI=1S/C25H34N4O2/c1-18-7-10-23(11-8-18)29-19(2)16-21(20(29)3)9-12-24(30)27-13-5-15-28-14-4-6-22(17-28)25(26)31/h7-12,16,22H,4-6,13-15,17H2,1-3H3,(H2,26,31)(H,27,30)/b12-9+. The lowest BCUT2D eigenvalue weighted by Crippen LogP contribution is -2.42. The molecule has 1 atom stereocenters. The average molecular weight is 423 g/mol. The Hall–Kier alpha value is -2.86. The third kappa shape index (κ3) is 6.07. The first-order valence-electron chi connectivity index (χ1n) is 11.1. The summed E-state index contributed by atoms with van der Waals surface area (Å²) in [5, 5.41) is 2.95. The number of carbonyl (C=O) groups excluding carboxylic acids is 2. The SMILES string of the molecule is Cc1ccc(-n2c(C)cc(/C=C/C(=O)NCCCN3CCCC(C(N)=O)C3)c2C)cc1. The minimum atomic E-state index is -0.204. The molecule has 3 N–H and O–H groups in total. The summed E-state index contributed by atoms with van der Waals surface area (Å²) in [4.78, 5) is 25.9. The summed E-state index contributed by atoms with van der Waals surface area (Å²) in [6, 6.07) is 10.5. The molecule has 1 aromatic carbocycles. The Morgan fingerprint density at radius 2 is 1.94 bits per heavy atom. The Labute approximate surface area is 185 Å². The van der Waals surface area contributed by atoms with E-state index in [-0.39, 0.29) is 17.7 Å². The number of carbonyl (C=O) groups is 2. The lowest BCUT2D eigenvalue weighted by molar-refractivity contribution is -0.123. The van der Waals surface area contributed by atoms with Crippen LogP contribution in [0.1, 0.15) is 41.8 Å². The van der Waals surface area contributed by atoms with Crippen molar-refractivity contribution in [1.29, 1.82) is 0 Å². The first-order chi connectivity index (χ1) is 14.8. The van der Waals surface area contributed by atoms with Crippen molar-refractivity contribution in [3.63, 3.8) is 0 Å². The molecule has 6 nitrogen and oxygen atoms in total. The molecular formula is C25H34N4O2. The van der Waals surface area contributed by atoms with Gasteiger partial charge in [0.2, 0.25) is 11.8 Å². The molecule has 2 aromatic rings. The zero-order chi connectivity index (χ0) is 22.4. The number of hydrogen-bond donors (Lipinski definition) is 2. The highest BCUT2D eigenvalue weighted by Crippen LogP contribution is 2.22. The van der Waals surface area contributed by atoms with E-state index in [9.17, 15) is 9.59 Å². The van der Waals surface area contributed by atoms with Gasteiger partial charge in [0.05, 0.1) is 5.92 Å². The topological polar surface area (TPSA) is 80.4 Å². The van der Waals surface area contributed by atoms with Crippen LogP contribution in [0.3, 0.4) is 0 Å². The van der Waals surface area contributed by atoms with Gasteiger partial charge in [-0.05, 0) is 83.0 Å². The molecule has 3 rings (SSSR count). The molecular weight excluding hydrogens is 388 g/mol. The van der Waals surface area contributed by atoms with Crippen molar-refractivity contribution in [2.75, 3.05) is 26.2 Å². The van der Waals surface area contributed by atoms with Gasteiger partial charge in [-0.2, -0.15) is 0 Å². The van der Waals surface area contributed by atoms with Crippen LogP contribution < -0.4 is 11.1 Å². The average Bonchev–Trinajstić information content (AvgIpc) is 3.04. The number of hydrogen-bond acceptors (Lipinski definition) is 3. The predicted molar refractivity (Wildman–Crippen MR) is 125 cm³/mol.